The summed E-state index contributed by atoms with van der Waals surface area (Å²) in [7, 11) is 0. The van der Waals surface area contributed by atoms with Gasteiger partial charge in [-0.15, -0.1) is 0 Å². The van der Waals surface area contributed by atoms with Crippen LogP contribution in [0.2, 0.25) is 0 Å². The average molecular weight is 206 g/mol. The molecule has 0 saturated carbocycles. The summed E-state index contributed by atoms with van der Waals surface area (Å²) in [6.45, 7) is 0.0501. The van der Waals surface area contributed by atoms with Gasteiger partial charge < -0.3 is 14.6 Å². The van der Waals surface area contributed by atoms with Crippen LogP contribution in [0.5, 0.6) is 0 Å². The van der Waals surface area contributed by atoms with Crippen LogP contribution < -0.4 is 0 Å². The van der Waals surface area contributed by atoms with E-state index in [0.717, 1.165) is 5.56 Å². The van der Waals surface area contributed by atoms with E-state index in [1.54, 1.807) is 0 Å². The summed E-state index contributed by atoms with van der Waals surface area (Å²) in [5.41, 5.74) is 1.13. The molecule has 0 aliphatic carbocycles. The summed E-state index contributed by atoms with van der Waals surface area (Å²) in [5, 5.41) is 8.98. The van der Waals surface area contributed by atoms with Gasteiger partial charge in [0.25, 0.3) is 5.79 Å². The molecule has 0 radical (unpaired) electrons. The lowest BCUT2D eigenvalue weighted by Gasteiger charge is -2.27. The average Bonchev–Trinajstić information content (AvgIpc) is 2.69. The van der Waals surface area contributed by atoms with E-state index in [1.807, 2.05) is 30.3 Å². The summed E-state index contributed by atoms with van der Waals surface area (Å²) in [5.74, 6) is -0.712. The highest BCUT2D eigenvalue weighted by Crippen LogP contribution is 2.28. The maximum Gasteiger partial charge on any atom is 0.255 e. The molecule has 0 spiro atoms. The van der Waals surface area contributed by atoms with Crippen molar-refractivity contribution < 1.29 is 14.6 Å². The molecule has 0 amide bonds. The maximum absolute atomic E-state index is 8.98. The Morgan fingerprint density at radius 3 is 2.33 bits per heavy atom. The molecule has 0 aromatic heterocycles. The Kier molecular flexibility index (Phi) is 2.92. The van der Waals surface area contributed by atoms with Gasteiger partial charge in [-0.1, -0.05) is 30.3 Å². The lowest BCUT2D eigenvalue weighted by Crippen LogP contribution is -2.33. The standard InChI is InChI=1S/C12H14O3/c13-7-6-12(14-8-9-15-12)10-11-4-2-1-3-5-11/h1-5,8-9,13H,6-7,10H2. The minimum atomic E-state index is -0.712. The second kappa shape index (κ2) is 4.36. The molecule has 3 nitrogen and oxygen atoms in total. The zero-order chi connectivity index (χ0) is 10.6. The van der Waals surface area contributed by atoms with Crippen molar-refractivity contribution in [1.29, 1.82) is 0 Å². The molecule has 0 bridgehead atoms. The molecule has 80 valence electrons. The van der Waals surface area contributed by atoms with E-state index in [0.29, 0.717) is 12.8 Å². The molecule has 0 atom stereocenters. The Bertz CT molecular complexity index is 324. The van der Waals surface area contributed by atoms with Crippen molar-refractivity contribution in [2.24, 2.45) is 0 Å². The van der Waals surface area contributed by atoms with Crippen LogP contribution in [0.4, 0.5) is 0 Å². The van der Waals surface area contributed by atoms with Gasteiger partial charge in [-0.25, -0.2) is 0 Å². The molecule has 1 aromatic rings. The lowest BCUT2D eigenvalue weighted by atomic mass is 10.0. The quantitative estimate of drug-likeness (QED) is 0.816. The van der Waals surface area contributed by atoms with E-state index in [1.165, 1.54) is 12.5 Å². The predicted octanol–water partition coefficient (Wildman–Crippen LogP) is 1.83. The van der Waals surface area contributed by atoms with Gasteiger partial charge in [-0.2, -0.15) is 0 Å². The molecule has 2 rings (SSSR count). The summed E-state index contributed by atoms with van der Waals surface area (Å²) >= 11 is 0. The first-order chi connectivity index (χ1) is 7.35. The van der Waals surface area contributed by atoms with Gasteiger partial charge in [0.2, 0.25) is 0 Å². The van der Waals surface area contributed by atoms with Crippen LogP contribution in [0.1, 0.15) is 12.0 Å². The molecule has 0 unspecified atom stereocenters. The number of rotatable bonds is 4. The zero-order valence-electron chi connectivity index (χ0n) is 8.43. The maximum atomic E-state index is 8.98. The fraction of sp³-hybridized carbons (Fsp3) is 0.333. The number of aliphatic hydroxyl groups excluding tert-OH is 1. The van der Waals surface area contributed by atoms with Crippen molar-refractivity contribution in [2.45, 2.75) is 18.6 Å². The molecule has 1 N–H and O–H groups in total. The smallest absolute Gasteiger partial charge is 0.255 e. The van der Waals surface area contributed by atoms with Gasteiger partial charge >= 0.3 is 0 Å². The minimum absolute atomic E-state index is 0.0501. The van der Waals surface area contributed by atoms with E-state index in [4.69, 9.17) is 14.6 Å². The number of hydrogen-bond donors (Lipinski definition) is 1. The molecule has 3 heteroatoms. The topological polar surface area (TPSA) is 38.7 Å². The van der Waals surface area contributed by atoms with Crippen molar-refractivity contribution in [1.82, 2.24) is 0 Å². The highest BCUT2D eigenvalue weighted by Gasteiger charge is 2.35. The largest absolute Gasteiger partial charge is 0.456 e. The summed E-state index contributed by atoms with van der Waals surface area (Å²) < 4.78 is 10.8. The number of hydrogen-bond acceptors (Lipinski definition) is 3. The summed E-state index contributed by atoms with van der Waals surface area (Å²) in [4.78, 5) is 0. The van der Waals surface area contributed by atoms with E-state index < -0.39 is 5.79 Å². The molecule has 1 aliphatic rings. The molecule has 1 heterocycles. The van der Waals surface area contributed by atoms with Gasteiger partial charge in [0.05, 0.1) is 6.61 Å². The van der Waals surface area contributed by atoms with E-state index in [-0.39, 0.29) is 6.61 Å². The van der Waals surface area contributed by atoms with Gasteiger partial charge in [0, 0.05) is 12.8 Å². The summed E-state index contributed by atoms with van der Waals surface area (Å²) in [6, 6.07) is 9.96. The van der Waals surface area contributed by atoms with Crippen molar-refractivity contribution in [2.75, 3.05) is 6.61 Å². The summed E-state index contributed by atoms with van der Waals surface area (Å²) in [6.07, 6.45) is 4.16. The molecular weight excluding hydrogens is 192 g/mol. The van der Waals surface area contributed by atoms with Gasteiger partial charge in [-0.05, 0) is 5.56 Å². The highest BCUT2D eigenvalue weighted by molar-refractivity contribution is 5.16. The Morgan fingerprint density at radius 2 is 1.73 bits per heavy atom. The van der Waals surface area contributed by atoms with Crippen LogP contribution >= 0.6 is 0 Å². The van der Waals surface area contributed by atoms with Crippen LogP contribution in [0.3, 0.4) is 0 Å². The fourth-order valence-electron chi connectivity index (χ4n) is 1.70. The number of aliphatic hydroxyl groups is 1. The van der Waals surface area contributed by atoms with Crippen molar-refractivity contribution in [3.05, 3.63) is 48.4 Å². The first kappa shape index (κ1) is 10.1. The van der Waals surface area contributed by atoms with Crippen molar-refractivity contribution in [3.8, 4) is 0 Å². The Morgan fingerprint density at radius 1 is 1.07 bits per heavy atom. The van der Waals surface area contributed by atoms with Crippen LogP contribution in [0.25, 0.3) is 0 Å². The lowest BCUT2D eigenvalue weighted by molar-refractivity contribution is -0.151. The fourth-order valence-corrected chi connectivity index (χ4v) is 1.70. The third-order valence-corrected chi connectivity index (χ3v) is 2.43. The Labute approximate surface area is 88.9 Å². The number of ether oxygens (including phenoxy) is 2. The van der Waals surface area contributed by atoms with E-state index in [9.17, 15) is 0 Å². The van der Waals surface area contributed by atoms with E-state index >= 15 is 0 Å². The molecule has 0 saturated heterocycles. The van der Waals surface area contributed by atoms with Crippen LogP contribution in [0, 0.1) is 0 Å². The third-order valence-electron chi connectivity index (χ3n) is 2.43. The molecular formula is C12H14O3. The van der Waals surface area contributed by atoms with Crippen LogP contribution in [0.15, 0.2) is 42.9 Å². The molecule has 1 aliphatic heterocycles. The first-order valence-corrected chi connectivity index (χ1v) is 5.00. The number of benzene rings is 1. The SMILES string of the molecule is OCCC1(Cc2ccccc2)OC=CO1. The molecule has 1 aromatic carbocycles. The van der Waals surface area contributed by atoms with Crippen LogP contribution in [-0.4, -0.2) is 17.5 Å². The first-order valence-electron chi connectivity index (χ1n) is 5.00. The monoisotopic (exact) mass is 206 g/mol. The normalized spacial score (nSPS) is 17.1. The predicted molar refractivity (Wildman–Crippen MR) is 55.9 cm³/mol. The van der Waals surface area contributed by atoms with E-state index in [2.05, 4.69) is 0 Å². The third kappa shape index (κ3) is 2.30. The van der Waals surface area contributed by atoms with Crippen LogP contribution in [-0.2, 0) is 15.9 Å². The van der Waals surface area contributed by atoms with Gasteiger partial charge in [-0.3, -0.25) is 0 Å². The van der Waals surface area contributed by atoms with Gasteiger partial charge in [0.15, 0.2) is 0 Å². The van der Waals surface area contributed by atoms with Gasteiger partial charge in [0.1, 0.15) is 12.5 Å². The second-order valence-electron chi connectivity index (χ2n) is 3.55. The molecule has 0 fully saturated rings. The Balaban J connectivity index is 2.07. The second-order valence-corrected chi connectivity index (χ2v) is 3.55. The minimum Gasteiger partial charge on any atom is -0.456 e. The highest BCUT2D eigenvalue weighted by atomic mass is 16.7. The zero-order valence-corrected chi connectivity index (χ0v) is 8.43. The Hall–Kier alpha value is -1.48. The molecule has 15 heavy (non-hydrogen) atoms. The van der Waals surface area contributed by atoms with Crippen molar-refractivity contribution >= 4 is 0 Å². The van der Waals surface area contributed by atoms with Crippen molar-refractivity contribution in [3.63, 3.8) is 0 Å².